The van der Waals surface area contributed by atoms with Crippen LogP contribution in [0.15, 0.2) is 18.2 Å². The summed E-state index contributed by atoms with van der Waals surface area (Å²) in [5, 5.41) is 0. The maximum Gasteiger partial charge on any atom is 0.126 e. The molecule has 1 rings (SSSR count). The van der Waals surface area contributed by atoms with Gasteiger partial charge in [-0.2, -0.15) is 0 Å². The number of likely N-dealkylation sites (N-methyl/N-ethyl adjacent to an activating group) is 1. The molecule has 0 fully saturated rings. The van der Waals surface area contributed by atoms with Crippen molar-refractivity contribution in [2.75, 3.05) is 20.1 Å². The quantitative estimate of drug-likeness (QED) is 0.795. The monoisotopic (exact) mass is 200 g/mol. The van der Waals surface area contributed by atoms with E-state index in [1.807, 2.05) is 11.9 Å². The lowest BCUT2D eigenvalue weighted by Gasteiger charge is -2.15. The summed E-state index contributed by atoms with van der Waals surface area (Å²) in [7, 11) is 1.86. The molecular weight excluding hydrogens is 186 g/mol. The van der Waals surface area contributed by atoms with Crippen LogP contribution in [-0.4, -0.2) is 25.0 Å². The molecule has 0 bridgehead atoms. The fourth-order valence-corrected chi connectivity index (χ4v) is 1.31. The second kappa shape index (κ2) is 5.02. The van der Waals surface area contributed by atoms with Crippen LogP contribution in [0.3, 0.4) is 0 Å². The van der Waals surface area contributed by atoms with Gasteiger partial charge in [-0.15, -0.1) is 0 Å². The van der Waals surface area contributed by atoms with Crippen molar-refractivity contribution in [3.8, 4) is 0 Å². The number of benzene rings is 1. The molecule has 0 atom stereocenters. The van der Waals surface area contributed by atoms with E-state index in [0.717, 1.165) is 6.07 Å². The third-order valence-electron chi connectivity index (χ3n) is 1.89. The van der Waals surface area contributed by atoms with Gasteiger partial charge >= 0.3 is 0 Å². The molecule has 2 nitrogen and oxygen atoms in total. The topological polar surface area (TPSA) is 29.3 Å². The average molecular weight is 200 g/mol. The van der Waals surface area contributed by atoms with Gasteiger partial charge in [-0.3, -0.25) is 0 Å². The van der Waals surface area contributed by atoms with E-state index in [0.29, 0.717) is 25.2 Å². The van der Waals surface area contributed by atoms with Gasteiger partial charge in [0.2, 0.25) is 0 Å². The zero-order chi connectivity index (χ0) is 10.6. The average Bonchev–Trinajstić information content (AvgIpc) is 2.01. The summed E-state index contributed by atoms with van der Waals surface area (Å²) in [6.45, 7) is 1.75. The van der Waals surface area contributed by atoms with Crippen molar-refractivity contribution in [3.63, 3.8) is 0 Å². The van der Waals surface area contributed by atoms with E-state index >= 15 is 0 Å². The van der Waals surface area contributed by atoms with E-state index in [9.17, 15) is 8.78 Å². The molecule has 1 aromatic carbocycles. The summed E-state index contributed by atoms with van der Waals surface area (Å²) < 4.78 is 25.6. The molecule has 0 saturated heterocycles. The minimum absolute atomic E-state index is 0.506. The van der Waals surface area contributed by atoms with E-state index in [-0.39, 0.29) is 0 Å². The second-order valence-corrected chi connectivity index (χ2v) is 3.30. The fourth-order valence-electron chi connectivity index (χ4n) is 1.31. The van der Waals surface area contributed by atoms with Crippen LogP contribution in [0.4, 0.5) is 8.78 Å². The normalized spacial score (nSPS) is 10.9. The molecule has 78 valence electrons. The minimum atomic E-state index is -0.541. The maximum absolute atomic E-state index is 12.8. The SMILES string of the molecule is CN(CCN)Cc1cc(F)cc(F)c1. The lowest BCUT2D eigenvalue weighted by molar-refractivity contribution is 0.335. The van der Waals surface area contributed by atoms with Crippen LogP contribution >= 0.6 is 0 Å². The second-order valence-electron chi connectivity index (χ2n) is 3.30. The summed E-state index contributed by atoms with van der Waals surface area (Å²) in [6, 6.07) is 3.53. The Kier molecular flexibility index (Phi) is 3.98. The Labute approximate surface area is 82.3 Å². The molecule has 0 aromatic heterocycles. The summed E-state index contributed by atoms with van der Waals surface area (Å²) in [6.07, 6.45) is 0. The van der Waals surface area contributed by atoms with E-state index in [1.165, 1.54) is 12.1 Å². The molecule has 0 aliphatic rings. The highest BCUT2D eigenvalue weighted by Crippen LogP contribution is 2.09. The summed E-state index contributed by atoms with van der Waals surface area (Å²) >= 11 is 0. The predicted octanol–water partition coefficient (Wildman–Crippen LogP) is 1.36. The van der Waals surface area contributed by atoms with Crippen LogP contribution in [0.25, 0.3) is 0 Å². The van der Waals surface area contributed by atoms with E-state index in [4.69, 9.17) is 5.73 Å². The van der Waals surface area contributed by atoms with Crippen LogP contribution in [0.5, 0.6) is 0 Å². The van der Waals surface area contributed by atoms with Crippen molar-refractivity contribution < 1.29 is 8.78 Å². The van der Waals surface area contributed by atoms with Crippen molar-refractivity contribution in [3.05, 3.63) is 35.4 Å². The Morgan fingerprint density at radius 2 is 1.79 bits per heavy atom. The first-order chi connectivity index (χ1) is 6.61. The van der Waals surface area contributed by atoms with Gasteiger partial charge in [0.25, 0.3) is 0 Å². The van der Waals surface area contributed by atoms with E-state index in [2.05, 4.69) is 0 Å². The minimum Gasteiger partial charge on any atom is -0.329 e. The van der Waals surface area contributed by atoms with Gasteiger partial charge in [-0.25, -0.2) is 8.78 Å². The number of nitrogens with two attached hydrogens (primary N) is 1. The maximum atomic E-state index is 12.8. The molecule has 0 aliphatic heterocycles. The zero-order valence-corrected chi connectivity index (χ0v) is 8.13. The van der Waals surface area contributed by atoms with Crippen LogP contribution in [0.1, 0.15) is 5.56 Å². The highest BCUT2D eigenvalue weighted by molar-refractivity contribution is 5.17. The van der Waals surface area contributed by atoms with Gasteiger partial charge in [0, 0.05) is 25.7 Å². The van der Waals surface area contributed by atoms with E-state index in [1.54, 1.807) is 0 Å². The Morgan fingerprint density at radius 1 is 1.21 bits per heavy atom. The van der Waals surface area contributed by atoms with Crippen molar-refractivity contribution in [2.24, 2.45) is 5.73 Å². The molecule has 0 spiro atoms. The predicted molar refractivity (Wildman–Crippen MR) is 51.7 cm³/mol. The number of halogens is 2. The Morgan fingerprint density at radius 3 is 2.29 bits per heavy atom. The van der Waals surface area contributed by atoms with Gasteiger partial charge in [0.15, 0.2) is 0 Å². The van der Waals surface area contributed by atoms with Gasteiger partial charge in [0.1, 0.15) is 11.6 Å². The largest absolute Gasteiger partial charge is 0.329 e. The number of nitrogens with zero attached hydrogens (tertiary/aromatic N) is 1. The Bertz CT molecular complexity index is 282. The molecule has 0 radical (unpaired) electrons. The van der Waals surface area contributed by atoms with Crippen LogP contribution in [0, 0.1) is 11.6 Å². The smallest absolute Gasteiger partial charge is 0.126 e. The lowest BCUT2D eigenvalue weighted by atomic mass is 10.2. The summed E-state index contributed by atoms with van der Waals surface area (Å²) in [5.74, 6) is -1.08. The summed E-state index contributed by atoms with van der Waals surface area (Å²) in [4.78, 5) is 1.91. The van der Waals surface area contributed by atoms with Crippen molar-refractivity contribution in [1.82, 2.24) is 4.90 Å². The fraction of sp³-hybridized carbons (Fsp3) is 0.400. The third kappa shape index (κ3) is 3.40. The third-order valence-corrected chi connectivity index (χ3v) is 1.89. The summed E-state index contributed by atoms with van der Waals surface area (Å²) in [5.41, 5.74) is 5.98. The molecule has 14 heavy (non-hydrogen) atoms. The van der Waals surface area contributed by atoms with Crippen LogP contribution < -0.4 is 5.73 Å². The van der Waals surface area contributed by atoms with Crippen molar-refractivity contribution in [2.45, 2.75) is 6.54 Å². The van der Waals surface area contributed by atoms with E-state index < -0.39 is 11.6 Å². The molecule has 0 aliphatic carbocycles. The molecular formula is C10H14F2N2. The molecule has 4 heteroatoms. The van der Waals surface area contributed by atoms with Crippen molar-refractivity contribution >= 4 is 0 Å². The van der Waals surface area contributed by atoms with Crippen molar-refractivity contribution in [1.29, 1.82) is 0 Å². The molecule has 1 aromatic rings. The van der Waals surface area contributed by atoms with Crippen LogP contribution in [0.2, 0.25) is 0 Å². The number of rotatable bonds is 4. The lowest BCUT2D eigenvalue weighted by Crippen LogP contribution is -2.25. The first kappa shape index (κ1) is 11.1. The molecule has 0 amide bonds. The van der Waals surface area contributed by atoms with Crippen LogP contribution in [-0.2, 0) is 6.54 Å². The Hall–Kier alpha value is -1.00. The number of hydrogen-bond acceptors (Lipinski definition) is 2. The standard InChI is InChI=1S/C10H14F2N2/c1-14(3-2-13)7-8-4-9(11)6-10(12)5-8/h4-6H,2-3,7,13H2,1H3. The zero-order valence-electron chi connectivity index (χ0n) is 8.13. The molecule has 0 heterocycles. The molecule has 0 saturated carbocycles. The molecule has 0 unspecified atom stereocenters. The van der Waals surface area contributed by atoms with Gasteiger partial charge in [0.05, 0.1) is 0 Å². The first-order valence-corrected chi connectivity index (χ1v) is 4.45. The van der Waals surface area contributed by atoms with Gasteiger partial charge < -0.3 is 10.6 Å². The van der Waals surface area contributed by atoms with Gasteiger partial charge in [-0.05, 0) is 24.7 Å². The number of hydrogen-bond donors (Lipinski definition) is 1. The molecule has 2 N–H and O–H groups in total. The van der Waals surface area contributed by atoms with Gasteiger partial charge in [-0.1, -0.05) is 0 Å². The highest BCUT2D eigenvalue weighted by atomic mass is 19.1. The Balaban J connectivity index is 2.66. The highest BCUT2D eigenvalue weighted by Gasteiger charge is 2.03. The first-order valence-electron chi connectivity index (χ1n) is 4.45.